The first-order valence-corrected chi connectivity index (χ1v) is 16.7. The number of benzene rings is 2. The van der Waals surface area contributed by atoms with Gasteiger partial charge < -0.3 is 20.9 Å². The zero-order valence-electron chi connectivity index (χ0n) is 28.4. The van der Waals surface area contributed by atoms with E-state index in [9.17, 15) is 9.59 Å². The lowest BCUT2D eigenvalue weighted by molar-refractivity contribution is -0.110. The van der Waals surface area contributed by atoms with Crippen LogP contribution in [0.2, 0.25) is 0 Å². The summed E-state index contributed by atoms with van der Waals surface area (Å²) in [4.78, 5) is 48.2. The number of pyridine rings is 2. The van der Waals surface area contributed by atoms with E-state index in [4.69, 9.17) is 4.98 Å². The van der Waals surface area contributed by atoms with E-state index in [1.165, 1.54) is 5.56 Å². The molecule has 0 bridgehead atoms. The van der Waals surface area contributed by atoms with Crippen LogP contribution in [0.4, 0.5) is 23.0 Å². The van der Waals surface area contributed by atoms with Crippen molar-refractivity contribution >= 4 is 46.2 Å². The molecule has 51 heavy (non-hydrogen) atoms. The van der Waals surface area contributed by atoms with E-state index in [-0.39, 0.29) is 18.2 Å². The van der Waals surface area contributed by atoms with Crippen LogP contribution in [-0.2, 0) is 11.3 Å². The van der Waals surface area contributed by atoms with Gasteiger partial charge in [0, 0.05) is 92.0 Å². The normalized spacial score (nSPS) is 14.8. The second-order valence-electron chi connectivity index (χ2n) is 12.6. The topological polar surface area (TPSA) is 153 Å². The summed E-state index contributed by atoms with van der Waals surface area (Å²) in [6.07, 6.45) is 8.54. The third-order valence-electron chi connectivity index (χ3n) is 8.79. The van der Waals surface area contributed by atoms with Gasteiger partial charge in [-0.3, -0.25) is 24.5 Å². The van der Waals surface area contributed by atoms with Crippen molar-refractivity contribution in [3.63, 3.8) is 0 Å². The van der Waals surface area contributed by atoms with Crippen LogP contribution in [0.5, 0.6) is 0 Å². The van der Waals surface area contributed by atoms with Gasteiger partial charge in [0.25, 0.3) is 11.8 Å². The Morgan fingerprint density at radius 3 is 2.39 bits per heavy atom. The van der Waals surface area contributed by atoms with Crippen molar-refractivity contribution < 1.29 is 9.59 Å². The molecule has 1 saturated heterocycles. The first kappa shape index (κ1) is 33.3. The van der Waals surface area contributed by atoms with E-state index in [1.54, 1.807) is 49.2 Å². The zero-order chi connectivity index (χ0) is 35.2. The highest BCUT2D eigenvalue weighted by Gasteiger charge is 2.22. The molecule has 13 heteroatoms. The first-order chi connectivity index (χ1) is 24.9. The number of aromatic nitrogens is 4. The number of likely N-dealkylation sites (N-methyl/N-ethyl adjacent to an activating group) is 1. The fourth-order valence-corrected chi connectivity index (χ4v) is 5.78. The molecule has 0 radical (unpaired) electrons. The molecule has 13 nitrogen and oxygen atoms in total. The van der Waals surface area contributed by atoms with E-state index in [1.807, 2.05) is 55.5 Å². The number of rotatable bonds is 10. The summed E-state index contributed by atoms with van der Waals surface area (Å²) in [7, 11) is 2.15. The lowest BCUT2D eigenvalue weighted by atomic mass is 10.0. The second-order valence-corrected chi connectivity index (χ2v) is 12.6. The fourth-order valence-electron chi connectivity index (χ4n) is 5.78. The van der Waals surface area contributed by atoms with Crippen molar-refractivity contribution in [1.29, 1.82) is 0 Å². The number of piperazine rings is 1. The van der Waals surface area contributed by atoms with Crippen molar-refractivity contribution in [2.45, 2.75) is 19.9 Å². The number of aryl methyl sites for hydroxylation is 1. The molecule has 2 aromatic carbocycles. The number of anilines is 4. The van der Waals surface area contributed by atoms with Crippen LogP contribution in [-0.4, -0.2) is 86.2 Å². The molecular formula is C38H37N11O2. The summed E-state index contributed by atoms with van der Waals surface area (Å²) in [5, 5.41) is 17.5. The molecule has 0 spiro atoms. The van der Waals surface area contributed by atoms with Crippen molar-refractivity contribution in [1.82, 2.24) is 29.7 Å². The van der Waals surface area contributed by atoms with Gasteiger partial charge in [-0.05, 0) is 73.6 Å². The van der Waals surface area contributed by atoms with Gasteiger partial charge in [-0.15, -0.1) is 5.10 Å². The Kier molecular flexibility index (Phi) is 9.90. The van der Waals surface area contributed by atoms with Crippen LogP contribution >= 0.6 is 0 Å². The molecule has 7 rings (SSSR count). The Morgan fingerprint density at radius 1 is 0.784 bits per heavy atom. The van der Waals surface area contributed by atoms with Crippen molar-refractivity contribution in [3.05, 3.63) is 120 Å². The minimum absolute atomic E-state index is 0.180. The lowest BCUT2D eigenvalue weighted by Gasteiger charge is -2.32. The maximum Gasteiger partial charge on any atom is 0.272 e. The van der Waals surface area contributed by atoms with Crippen molar-refractivity contribution in [3.8, 4) is 11.3 Å². The Balaban J connectivity index is 0.980. The van der Waals surface area contributed by atoms with E-state index >= 15 is 0 Å². The van der Waals surface area contributed by atoms with Crippen LogP contribution in [0, 0.1) is 6.92 Å². The maximum atomic E-state index is 13.1. The van der Waals surface area contributed by atoms with Gasteiger partial charge in [-0.2, -0.15) is 5.10 Å². The molecule has 2 aliphatic rings. The zero-order valence-corrected chi connectivity index (χ0v) is 28.4. The van der Waals surface area contributed by atoms with Gasteiger partial charge >= 0.3 is 0 Å². The predicted molar refractivity (Wildman–Crippen MR) is 198 cm³/mol. The number of hydrogen-bond acceptors (Lipinski definition) is 11. The number of nitrogens with zero attached hydrogens (tertiary/aromatic N) is 8. The molecule has 1 fully saturated rings. The van der Waals surface area contributed by atoms with Crippen LogP contribution < -0.4 is 16.0 Å². The van der Waals surface area contributed by atoms with Gasteiger partial charge in [0.15, 0.2) is 0 Å². The van der Waals surface area contributed by atoms with Crippen LogP contribution in [0.1, 0.15) is 33.5 Å². The second kappa shape index (κ2) is 15.2. The fraction of sp³-hybridized carbons (Fsp3) is 0.211. The summed E-state index contributed by atoms with van der Waals surface area (Å²) < 4.78 is 0. The van der Waals surface area contributed by atoms with E-state index < -0.39 is 0 Å². The number of carbonyl (C=O) groups is 2. The maximum absolute atomic E-state index is 13.1. The van der Waals surface area contributed by atoms with Crippen molar-refractivity contribution in [2.24, 2.45) is 10.2 Å². The Hall–Kier alpha value is -6.18. The van der Waals surface area contributed by atoms with Crippen LogP contribution in [0.25, 0.3) is 11.3 Å². The largest absolute Gasteiger partial charge is 0.324 e. The number of nitrogens with one attached hydrogen (secondary N) is 3. The van der Waals surface area contributed by atoms with Gasteiger partial charge in [-0.1, -0.05) is 18.2 Å². The summed E-state index contributed by atoms with van der Waals surface area (Å²) in [6.45, 7) is 7.09. The Bertz CT molecular complexity index is 2110. The molecule has 0 unspecified atom stereocenters. The minimum Gasteiger partial charge on any atom is -0.324 e. The minimum atomic E-state index is -0.331. The molecule has 0 atom stereocenters. The molecule has 2 aliphatic heterocycles. The highest BCUT2D eigenvalue weighted by atomic mass is 16.2. The summed E-state index contributed by atoms with van der Waals surface area (Å²) in [6, 6.07) is 20.7. The van der Waals surface area contributed by atoms with Crippen LogP contribution in [0.3, 0.4) is 0 Å². The Labute approximate surface area is 295 Å². The molecule has 3 aromatic heterocycles. The highest BCUT2D eigenvalue weighted by molar-refractivity contribution is 6.47. The number of hydrogen-bond donors (Lipinski definition) is 3. The standard InChI is InChI=1S/C38H37N11O2/c1-25-5-10-30(42-36(50)27-8-6-26(7-9-27)24-49-16-14-48(2)15-17-49)19-33(25)45-38-41-13-11-32(44-38)28-18-29(22-40-21-28)34-20-35(47-46-34)37(51)43-31-4-3-12-39-23-31/h3-13,18-19,21-23H,14-17,20,24H2,1-2H3,(H,42,50)(H,43,51)(H,41,44,45). The van der Waals surface area contributed by atoms with Gasteiger partial charge in [-0.25, -0.2) is 9.97 Å². The summed E-state index contributed by atoms with van der Waals surface area (Å²) in [5.74, 6) is -0.126. The van der Waals surface area contributed by atoms with Gasteiger partial charge in [0.05, 0.1) is 23.3 Å². The summed E-state index contributed by atoms with van der Waals surface area (Å²) >= 11 is 0. The molecule has 5 heterocycles. The first-order valence-electron chi connectivity index (χ1n) is 16.7. The SMILES string of the molecule is Cc1ccc(NC(=O)c2ccc(CN3CCN(C)CC3)cc2)cc1Nc1nccc(-c2cncc(C3=NN=C(C(=O)Nc4cccnc4)C3)c2)n1. The average molecular weight is 680 g/mol. The number of carbonyl (C=O) groups excluding carboxylic acids is 2. The number of amides is 2. The molecular weight excluding hydrogens is 642 g/mol. The molecule has 2 amide bonds. The smallest absolute Gasteiger partial charge is 0.272 e. The third kappa shape index (κ3) is 8.35. The van der Waals surface area contributed by atoms with Gasteiger partial charge in [0.2, 0.25) is 5.95 Å². The summed E-state index contributed by atoms with van der Waals surface area (Å²) in [5.41, 5.74) is 7.80. The molecule has 0 saturated carbocycles. The lowest BCUT2D eigenvalue weighted by Crippen LogP contribution is -2.43. The predicted octanol–water partition coefficient (Wildman–Crippen LogP) is 5.17. The van der Waals surface area contributed by atoms with Crippen molar-refractivity contribution in [2.75, 3.05) is 49.2 Å². The molecule has 3 N–H and O–H groups in total. The third-order valence-corrected chi connectivity index (χ3v) is 8.79. The van der Waals surface area contributed by atoms with Crippen LogP contribution in [0.15, 0.2) is 108 Å². The molecule has 0 aliphatic carbocycles. The molecule has 256 valence electrons. The van der Waals surface area contributed by atoms with E-state index in [0.29, 0.717) is 40.0 Å². The molecule has 5 aromatic rings. The highest BCUT2D eigenvalue weighted by Crippen LogP contribution is 2.26. The monoisotopic (exact) mass is 679 g/mol. The average Bonchev–Trinajstić information content (AvgIpc) is 3.66. The van der Waals surface area contributed by atoms with E-state index in [2.05, 4.69) is 58.0 Å². The van der Waals surface area contributed by atoms with E-state index in [0.717, 1.165) is 55.1 Å². The quantitative estimate of drug-likeness (QED) is 0.181. The Morgan fingerprint density at radius 2 is 1.59 bits per heavy atom. The van der Waals surface area contributed by atoms with Gasteiger partial charge in [0.1, 0.15) is 5.71 Å².